The average Bonchev–Trinajstić information content (AvgIpc) is 2.45. The van der Waals surface area contributed by atoms with Gasteiger partial charge in [0.25, 0.3) is 0 Å². The van der Waals surface area contributed by atoms with E-state index in [0.29, 0.717) is 6.42 Å². The standard InChI is InChI=1S/C17H21O2PS/c1-5-17(19-15(4)18)11-14(3)20(21,12-13(17)2)16-9-7-6-8-10-16/h1,6-10,13-14H,11-12H2,2-4H3/t13-,14-,17+,20-/m1/s1. The number of esters is 1. The second-order valence-electron chi connectivity index (χ2n) is 5.90. The lowest BCUT2D eigenvalue weighted by atomic mass is 9.85. The van der Waals surface area contributed by atoms with Crippen LogP contribution in [0.3, 0.4) is 0 Å². The summed E-state index contributed by atoms with van der Waals surface area (Å²) in [6.07, 6.45) is 7.21. The third kappa shape index (κ3) is 2.93. The molecule has 0 aliphatic carbocycles. The molecule has 1 aromatic rings. The molecule has 0 saturated carbocycles. The highest BCUT2D eigenvalue weighted by atomic mass is 32.4. The number of rotatable bonds is 2. The lowest BCUT2D eigenvalue weighted by Gasteiger charge is -2.46. The molecule has 4 heteroatoms. The molecule has 0 unspecified atom stereocenters. The van der Waals surface area contributed by atoms with Gasteiger partial charge in [0.2, 0.25) is 0 Å². The van der Waals surface area contributed by atoms with Gasteiger partial charge in [-0.15, -0.1) is 6.42 Å². The van der Waals surface area contributed by atoms with Crippen molar-refractivity contribution < 1.29 is 9.53 Å². The van der Waals surface area contributed by atoms with Crippen LogP contribution in [-0.2, 0) is 21.3 Å². The zero-order valence-corrected chi connectivity index (χ0v) is 14.4. The minimum atomic E-state index is -1.70. The number of ether oxygens (including phenoxy) is 1. The first-order valence-electron chi connectivity index (χ1n) is 7.16. The summed E-state index contributed by atoms with van der Waals surface area (Å²) >= 11 is 6.09. The number of terminal acetylenes is 1. The Morgan fingerprint density at radius 2 is 2.05 bits per heavy atom. The van der Waals surface area contributed by atoms with Crippen molar-refractivity contribution in [2.45, 2.75) is 38.5 Å². The van der Waals surface area contributed by atoms with Gasteiger partial charge in [0.15, 0.2) is 5.60 Å². The number of hydrogen-bond donors (Lipinski definition) is 0. The normalized spacial score (nSPS) is 35.7. The van der Waals surface area contributed by atoms with E-state index in [1.807, 2.05) is 18.2 Å². The lowest BCUT2D eigenvalue weighted by Crippen LogP contribution is -2.48. The SMILES string of the molecule is C#C[C@]1(OC(C)=O)C[C@@H](C)[P@@](=S)(c2ccccc2)C[C@H]1C. The first kappa shape index (κ1) is 16.3. The number of carbonyl (C=O) groups is 1. The summed E-state index contributed by atoms with van der Waals surface area (Å²) < 4.78 is 5.54. The van der Waals surface area contributed by atoms with Crippen LogP contribution in [0, 0.1) is 18.3 Å². The van der Waals surface area contributed by atoms with Crippen LogP contribution in [0.25, 0.3) is 0 Å². The fourth-order valence-corrected chi connectivity index (χ4v) is 7.88. The Bertz CT molecular complexity index is 619. The van der Waals surface area contributed by atoms with Crippen LogP contribution in [0.4, 0.5) is 0 Å². The van der Waals surface area contributed by atoms with Gasteiger partial charge in [-0.25, -0.2) is 0 Å². The third-order valence-electron chi connectivity index (χ3n) is 4.42. The summed E-state index contributed by atoms with van der Waals surface area (Å²) in [5.74, 6) is 2.51. The maximum atomic E-state index is 11.4. The molecule has 0 N–H and O–H groups in total. The van der Waals surface area contributed by atoms with E-state index in [1.165, 1.54) is 12.2 Å². The van der Waals surface area contributed by atoms with Gasteiger partial charge in [-0.1, -0.05) is 61.9 Å². The van der Waals surface area contributed by atoms with E-state index in [4.69, 9.17) is 23.0 Å². The van der Waals surface area contributed by atoms with E-state index < -0.39 is 11.6 Å². The fourth-order valence-electron chi connectivity index (χ4n) is 3.19. The van der Waals surface area contributed by atoms with Crippen LogP contribution in [0.5, 0.6) is 0 Å². The molecule has 2 rings (SSSR count). The molecule has 0 bridgehead atoms. The molecular weight excluding hydrogens is 299 g/mol. The maximum absolute atomic E-state index is 11.4. The smallest absolute Gasteiger partial charge is 0.304 e. The second kappa shape index (κ2) is 5.95. The lowest BCUT2D eigenvalue weighted by molar-refractivity contribution is -0.155. The molecule has 0 aromatic heterocycles. The summed E-state index contributed by atoms with van der Waals surface area (Å²) in [7, 11) is 0. The molecule has 112 valence electrons. The highest BCUT2D eigenvalue weighted by molar-refractivity contribution is 8.18. The topological polar surface area (TPSA) is 26.3 Å². The average molecular weight is 320 g/mol. The molecule has 0 spiro atoms. The summed E-state index contributed by atoms with van der Waals surface area (Å²) in [4.78, 5) is 11.4. The predicted molar refractivity (Wildman–Crippen MR) is 91.8 cm³/mol. The van der Waals surface area contributed by atoms with Crippen LogP contribution < -0.4 is 5.30 Å². The Labute approximate surface area is 132 Å². The molecule has 4 atom stereocenters. The van der Waals surface area contributed by atoms with Crippen LogP contribution in [0.15, 0.2) is 30.3 Å². The predicted octanol–water partition coefficient (Wildman–Crippen LogP) is 3.15. The molecule has 1 aliphatic heterocycles. The molecule has 2 nitrogen and oxygen atoms in total. The minimum absolute atomic E-state index is 0.0774. The van der Waals surface area contributed by atoms with E-state index in [0.717, 1.165) is 6.16 Å². The van der Waals surface area contributed by atoms with Gasteiger partial charge in [-0.2, -0.15) is 0 Å². The van der Waals surface area contributed by atoms with Crippen molar-refractivity contribution in [3.8, 4) is 12.3 Å². The van der Waals surface area contributed by atoms with E-state index in [1.54, 1.807) is 0 Å². The summed E-state index contributed by atoms with van der Waals surface area (Å²) in [5.41, 5.74) is -0.538. The quantitative estimate of drug-likeness (QED) is 0.476. The number of hydrogen-bond acceptors (Lipinski definition) is 3. The molecule has 1 aromatic carbocycles. The molecule has 1 fully saturated rings. The van der Waals surface area contributed by atoms with Gasteiger partial charge >= 0.3 is 5.97 Å². The Kier molecular flexibility index (Phi) is 4.61. The van der Waals surface area contributed by atoms with Gasteiger partial charge < -0.3 is 4.74 Å². The van der Waals surface area contributed by atoms with E-state index in [-0.39, 0.29) is 17.5 Å². The van der Waals surface area contributed by atoms with Gasteiger partial charge in [0.1, 0.15) is 0 Å². The van der Waals surface area contributed by atoms with Crippen molar-refractivity contribution >= 4 is 29.1 Å². The van der Waals surface area contributed by atoms with Crippen LogP contribution in [0.2, 0.25) is 0 Å². The highest BCUT2D eigenvalue weighted by Crippen LogP contribution is 2.59. The fraction of sp³-hybridized carbons (Fsp3) is 0.471. The van der Waals surface area contributed by atoms with Gasteiger partial charge in [-0.05, 0) is 23.2 Å². The molecule has 1 aliphatic rings. The number of carbonyl (C=O) groups excluding carboxylic acids is 1. The third-order valence-corrected chi connectivity index (χ3v) is 10.4. The van der Waals surface area contributed by atoms with Crippen molar-refractivity contribution in [3.05, 3.63) is 30.3 Å². The van der Waals surface area contributed by atoms with Crippen molar-refractivity contribution in [3.63, 3.8) is 0 Å². The summed E-state index contributed by atoms with van der Waals surface area (Å²) in [5, 5.41) is 1.26. The van der Waals surface area contributed by atoms with Crippen molar-refractivity contribution in [1.29, 1.82) is 0 Å². The molecule has 1 saturated heterocycles. The largest absolute Gasteiger partial charge is 0.446 e. The second-order valence-corrected chi connectivity index (χ2v) is 11.2. The van der Waals surface area contributed by atoms with Crippen LogP contribution in [-0.4, -0.2) is 23.4 Å². The van der Waals surface area contributed by atoms with Crippen LogP contribution >= 0.6 is 6.04 Å². The summed E-state index contributed by atoms with van der Waals surface area (Å²) in [6, 6.07) is 8.63. The molecule has 0 amide bonds. The number of benzene rings is 1. The zero-order valence-electron chi connectivity index (χ0n) is 12.7. The first-order chi connectivity index (χ1) is 9.84. The van der Waals surface area contributed by atoms with Gasteiger partial charge in [0, 0.05) is 19.3 Å². The Morgan fingerprint density at radius 3 is 2.57 bits per heavy atom. The van der Waals surface area contributed by atoms with E-state index >= 15 is 0 Å². The van der Waals surface area contributed by atoms with Crippen LogP contribution in [0.1, 0.15) is 27.2 Å². The van der Waals surface area contributed by atoms with E-state index in [2.05, 4.69) is 31.9 Å². The monoisotopic (exact) mass is 320 g/mol. The maximum Gasteiger partial charge on any atom is 0.304 e. The molecular formula is C17H21O2PS. The van der Waals surface area contributed by atoms with Gasteiger partial charge in [-0.3, -0.25) is 4.79 Å². The Hall–Kier alpha value is -1.10. The molecule has 0 radical (unpaired) electrons. The first-order valence-corrected chi connectivity index (χ1v) is 10.2. The summed E-state index contributed by atoms with van der Waals surface area (Å²) in [6.45, 7) is 5.62. The Balaban J connectivity index is 2.37. The van der Waals surface area contributed by atoms with Gasteiger partial charge in [0.05, 0.1) is 0 Å². The highest BCUT2D eigenvalue weighted by Gasteiger charge is 2.49. The van der Waals surface area contributed by atoms with Crippen molar-refractivity contribution in [1.82, 2.24) is 0 Å². The molecule has 1 heterocycles. The molecule has 21 heavy (non-hydrogen) atoms. The van der Waals surface area contributed by atoms with E-state index in [9.17, 15) is 4.79 Å². The van der Waals surface area contributed by atoms with Crippen molar-refractivity contribution in [2.24, 2.45) is 5.92 Å². The zero-order chi connectivity index (χ0) is 15.7. The van der Waals surface area contributed by atoms with Crippen molar-refractivity contribution in [2.75, 3.05) is 6.16 Å². The minimum Gasteiger partial charge on any atom is -0.446 e. The Morgan fingerprint density at radius 1 is 1.43 bits per heavy atom.